The molecule has 21 heavy (non-hydrogen) atoms. The first kappa shape index (κ1) is 17.6. The third-order valence-electron chi connectivity index (χ3n) is 2.69. The molecule has 0 aliphatic carbocycles. The lowest BCUT2D eigenvalue weighted by molar-refractivity contribution is -0.150. The van der Waals surface area contributed by atoms with Crippen molar-refractivity contribution in [3.8, 4) is 5.75 Å². The van der Waals surface area contributed by atoms with Gasteiger partial charge in [-0.25, -0.2) is 0 Å². The molecule has 1 aromatic carbocycles. The van der Waals surface area contributed by atoms with Gasteiger partial charge < -0.3 is 9.47 Å². The molecule has 1 aromatic rings. The van der Waals surface area contributed by atoms with Gasteiger partial charge in [-0.1, -0.05) is 16.7 Å². The summed E-state index contributed by atoms with van der Waals surface area (Å²) >= 11 is 0. The van der Waals surface area contributed by atoms with Gasteiger partial charge in [-0.3, -0.25) is 4.79 Å². The van der Waals surface area contributed by atoms with E-state index in [1.54, 1.807) is 32.9 Å². The van der Waals surface area contributed by atoms with Crippen LogP contribution in [0.3, 0.4) is 0 Å². The number of carbonyl (C=O) groups is 1. The number of esters is 1. The van der Waals surface area contributed by atoms with Crippen LogP contribution in [0.25, 0.3) is 0 Å². The molecule has 0 bridgehead atoms. The Morgan fingerprint density at radius 2 is 1.71 bits per heavy atom. The van der Waals surface area contributed by atoms with Gasteiger partial charge in [0, 0.05) is 0 Å². The van der Waals surface area contributed by atoms with E-state index in [0.29, 0.717) is 11.1 Å². The second kappa shape index (κ2) is 8.14. The van der Waals surface area contributed by atoms with Gasteiger partial charge in [0.25, 0.3) is 0 Å². The number of rotatable bonds is 7. The average Bonchev–Trinajstić information content (AvgIpc) is 2.37. The van der Waals surface area contributed by atoms with E-state index < -0.39 is 13.7 Å². The lowest BCUT2D eigenvalue weighted by Crippen LogP contribution is -2.22. The van der Waals surface area contributed by atoms with Crippen LogP contribution in [-0.2, 0) is 14.1 Å². The SMILES string of the molecule is CC(C)OC(=O)C(C)C[P+](=O)c1ccccc1OC(C)C. The Labute approximate surface area is 127 Å². The highest BCUT2D eigenvalue weighted by Gasteiger charge is 2.31. The van der Waals surface area contributed by atoms with Gasteiger partial charge in [0.2, 0.25) is 5.30 Å². The smallest absolute Gasteiger partial charge is 0.381 e. The molecule has 0 heterocycles. The van der Waals surface area contributed by atoms with Crippen molar-refractivity contribution in [2.24, 2.45) is 5.92 Å². The molecule has 5 heteroatoms. The fourth-order valence-electron chi connectivity index (χ4n) is 1.79. The summed E-state index contributed by atoms with van der Waals surface area (Å²) in [6, 6.07) is 7.27. The molecule has 0 fully saturated rings. The summed E-state index contributed by atoms with van der Waals surface area (Å²) in [5.41, 5.74) is 0. The third kappa shape index (κ3) is 5.84. The van der Waals surface area contributed by atoms with Gasteiger partial charge in [0.05, 0.1) is 18.1 Å². The van der Waals surface area contributed by atoms with E-state index in [9.17, 15) is 9.36 Å². The van der Waals surface area contributed by atoms with Gasteiger partial charge in [0.1, 0.15) is 0 Å². The predicted octanol–water partition coefficient (Wildman–Crippen LogP) is 3.51. The number of ether oxygens (including phenoxy) is 2. The zero-order chi connectivity index (χ0) is 16.0. The molecule has 2 unspecified atom stereocenters. The zero-order valence-electron chi connectivity index (χ0n) is 13.3. The molecule has 0 amide bonds. The summed E-state index contributed by atoms with van der Waals surface area (Å²) in [6.07, 6.45) is 0.117. The van der Waals surface area contributed by atoms with Crippen molar-refractivity contribution in [1.29, 1.82) is 0 Å². The van der Waals surface area contributed by atoms with Gasteiger partial charge in [-0.2, -0.15) is 0 Å². The van der Waals surface area contributed by atoms with E-state index in [0.717, 1.165) is 0 Å². The molecule has 0 aliphatic heterocycles. The van der Waals surface area contributed by atoms with Crippen LogP contribution in [0, 0.1) is 5.92 Å². The van der Waals surface area contributed by atoms with Crippen molar-refractivity contribution < 1.29 is 18.8 Å². The molecule has 4 nitrogen and oxygen atoms in total. The second-order valence-electron chi connectivity index (χ2n) is 5.58. The van der Waals surface area contributed by atoms with E-state index in [1.807, 2.05) is 26.0 Å². The Kier molecular flexibility index (Phi) is 6.83. The van der Waals surface area contributed by atoms with E-state index in [2.05, 4.69) is 0 Å². The van der Waals surface area contributed by atoms with Crippen LogP contribution in [-0.4, -0.2) is 24.3 Å². The Hall–Kier alpha value is -1.41. The van der Waals surface area contributed by atoms with Crippen molar-refractivity contribution in [3.63, 3.8) is 0 Å². The summed E-state index contributed by atoms with van der Waals surface area (Å²) in [7, 11) is -1.70. The predicted molar refractivity (Wildman–Crippen MR) is 84.7 cm³/mol. The number of hydrogen-bond acceptors (Lipinski definition) is 4. The van der Waals surface area contributed by atoms with Crippen LogP contribution < -0.4 is 10.0 Å². The summed E-state index contributed by atoms with van der Waals surface area (Å²) < 4.78 is 23.3. The topological polar surface area (TPSA) is 52.6 Å². The van der Waals surface area contributed by atoms with Gasteiger partial charge in [-0.15, -0.1) is 0 Å². The maximum absolute atomic E-state index is 12.5. The average molecular weight is 311 g/mol. The Morgan fingerprint density at radius 1 is 1.10 bits per heavy atom. The Balaban J connectivity index is 2.78. The Bertz CT molecular complexity index is 497. The van der Waals surface area contributed by atoms with Crippen LogP contribution in [0.15, 0.2) is 24.3 Å². The highest BCUT2D eigenvalue weighted by molar-refractivity contribution is 7.53. The summed E-state index contributed by atoms with van der Waals surface area (Å²) in [5.74, 6) is -0.0863. The van der Waals surface area contributed by atoms with Crippen molar-refractivity contribution in [3.05, 3.63) is 24.3 Å². The summed E-state index contributed by atoms with van der Waals surface area (Å²) in [5, 5.41) is 0.658. The summed E-state index contributed by atoms with van der Waals surface area (Å²) in [6.45, 7) is 9.19. The highest BCUT2D eigenvalue weighted by Crippen LogP contribution is 2.29. The third-order valence-corrected chi connectivity index (χ3v) is 4.48. The number of carbonyl (C=O) groups excluding carboxylic acids is 1. The molecule has 2 atom stereocenters. The largest absolute Gasteiger partial charge is 0.486 e. The monoisotopic (exact) mass is 311 g/mol. The number of para-hydroxylation sites is 1. The molecule has 0 aliphatic rings. The molecule has 0 spiro atoms. The first-order chi connectivity index (χ1) is 9.81. The molecule has 1 rings (SSSR count). The quantitative estimate of drug-likeness (QED) is 0.571. The first-order valence-corrected chi connectivity index (χ1v) is 8.66. The lowest BCUT2D eigenvalue weighted by atomic mass is 10.2. The maximum Gasteiger partial charge on any atom is 0.381 e. The van der Waals surface area contributed by atoms with Crippen LogP contribution >= 0.6 is 7.80 Å². The van der Waals surface area contributed by atoms with Crippen LogP contribution in [0.5, 0.6) is 5.75 Å². The van der Waals surface area contributed by atoms with E-state index in [4.69, 9.17) is 9.47 Å². The highest BCUT2D eigenvalue weighted by atomic mass is 31.1. The lowest BCUT2D eigenvalue weighted by Gasteiger charge is -2.11. The van der Waals surface area contributed by atoms with E-state index in [-0.39, 0.29) is 24.3 Å². The van der Waals surface area contributed by atoms with Gasteiger partial charge in [0.15, 0.2) is 11.9 Å². The van der Waals surface area contributed by atoms with Crippen LogP contribution in [0.2, 0.25) is 0 Å². The normalized spacial score (nSPS) is 13.2. The molecule has 0 saturated heterocycles. The van der Waals surface area contributed by atoms with Crippen molar-refractivity contribution >= 4 is 19.1 Å². The summed E-state index contributed by atoms with van der Waals surface area (Å²) in [4.78, 5) is 11.8. The fourth-order valence-corrected chi connectivity index (χ4v) is 3.26. The van der Waals surface area contributed by atoms with E-state index in [1.165, 1.54) is 0 Å². The molecular formula is C16H24O4P+. The number of hydrogen-bond donors (Lipinski definition) is 0. The number of benzene rings is 1. The standard InChI is InChI=1S/C16H24O4P/c1-11(2)19-14-8-6-7-9-15(14)21(18)10-13(5)16(17)20-12(3)4/h6-9,11-13H,10H2,1-5H3/q+1. The van der Waals surface area contributed by atoms with Crippen molar-refractivity contribution in [2.75, 3.05) is 6.16 Å². The van der Waals surface area contributed by atoms with Crippen molar-refractivity contribution in [2.45, 2.75) is 46.8 Å². The molecule has 0 aromatic heterocycles. The molecule has 0 saturated carbocycles. The Morgan fingerprint density at radius 3 is 2.29 bits per heavy atom. The molecule has 0 radical (unpaired) electrons. The fraction of sp³-hybridized carbons (Fsp3) is 0.562. The molecule has 0 N–H and O–H groups in total. The van der Waals surface area contributed by atoms with Crippen LogP contribution in [0.1, 0.15) is 34.6 Å². The van der Waals surface area contributed by atoms with E-state index >= 15 is 0 Å². The molecular weight excluding hydrogens is 287 g/mol. The first-order valence-electron chi connectivity index (χ1n) is 7.22. The van der Waals surface area contributed by atoms with Gasteiger partial charge >= 0.3 is 13.8 Å². The minimum Gasteiger partial charge on any atom is -0.486 e. The minimum absolute atomic E-state index is 0.0119. The van der Waals surface area contributed by atoms with Crippen molar-refractivity contribution in [1.82, 2.24) is 0 Å². The van der Waals surface area contributed by atoms with Gasteiger partial charge in [-0.05, 0) is 46.8 Å². The van der Waals surface area contributed by atoms with Crippen LogP contribution in [0.4, 0.5) is 0 Å². The molecule has 116 valence electrons. The minimum atomic E-state index is -1.70. The zero-order valence-corrected chi connectivity index (χ0v) is 14.2. The maximum atomic E-state index is 12.5. The second-order valence-corrected chi connectivity index (χ2v) is 7.19.